The number of benzene rings is 3. The second-order valence-corrected chi connectivity index (χ2v) is 35.4. The zero-order chi connectivity index (χ0) is 101. The third kappa shape index (κ3) is 30.0. The van der Waals surface area contributed by atoms with Crippen LogP contribution in [-0.4, -0.2) is 336 Å². The molecule has 3 fully saturated rings. The summed E-state index contributed by atoms with van der Waals surface area (Å²) in [6.07, 6.45) is -2.56. The number of rotatable bonds is 28. The topological polar surface area (TPSA) is 686 Å². The molecule has 3 aliphatic heterocycles. The zero-order valence-corrected chi connectivity index (χ0v) is 77.9. The first-order chi connectivity index (χ1) is 65.6. The average molecular weight is 1940 g/mol. The van der Waals surface area contributed by atoms with Crippen molar-refractivity contribution in [3.05, 3.63) is 120 Å². The molecule has 46 nitrogen and oxygen atoms in total. The van der Waals surface area contributed by atoms with Gasteiger partial charge in [0.05, 0.1) is 31.1 Å². The first kappa shape index (κ1) is 107. The van der Waals surface area contributed by atoms with Crippen molar-refractivity contribution in [2.75, 3.05) is 52.3 Å². The fourth-order valence-corrected chi connectivity index (χ4v) is 17.5. The minimum absolute atomic E-state index is 0.0792. The number of para-hydroxylation sites is 2. The van der Waals surface area contributed by atoms with Crippen LogP contribution in [0.15, 0.2) is 97.7 Å². The smallest absolute Gasteiger partial charge is 0.305 e. The number of aromatic amines is 3. The van der Waals surface area contributed by atoms with Crippen LogP contribution in [0.4, 0.5) is 0 Å². The lowest BCUT2D eigenvalue weighted by molar-refractivity contribution is -0.149. The Kier molecular flexibility index (Phi) is 39.5. The number of carbonyl (C=O) groups excluding carboxylic acids is 16. The number of H-pyrrole nitrogens is 3. The van der Waals surface area contributed by atoms with Crippen molar-refractivity contribution in [1.29, 1.82) is 0 Å². The van der Waals surface area contributed by atoms with Crippen LogP contribution in [0.3, 0.4) is 0 Å². The molecule has 0 spiro atoms. The number of aromatic hydroxyl groups is 1. The molecule has 0 radical (unpaired) electrons. The van der Waals surface area contributed by atoms with Crippen molar-refractivity contribution in [1.82, 2.24) is 97.6 Å². The number of fused-ring (bicyclic) bond motifs is 4. The van der Waals surface area contributed by atoms with Crippen LogP contribution < -0.4 is 58.9 Å². The predicted octanol–water partition coefficient (Wildman–Crippen LogP) is -2.04. The lowest BCUT2D eigenvalue weighted by atomic mass is 9.99. The van der Waals surface area contributed by atoms with E-state index in [4.69, 9.17) is 5.73 Å². The minimum Gasteiger partial charge on any atom is -0.508 e. The number of thioether (sulfide) groups is 1. The van der Waals surface area contributed by atoms with Gasteiger partial charge in [0, 0.05) is 137 Å². The Labute approximate surface area is 796 Å². The molecule has 47 heteroatoms. The largest absolute Gasteiger partial charge is 0.508 e. The van der Waals surface area contributed by atoms with Crippen molar-refractivity contribution >= 4 is 152 Å². The van der Waals surface area contributed by atoms with Gasteiger partial charge in [-0.1, -0.05) is 88.1 Å². The lowest BCUT2D eigenvalue weighted by Gasteiger charge is -2.36. The number of nitrogens with two attached hydrogens (primary N) is 1. The number of hydrogen-bond donors (Lipinski definition) is 20. The maximum absolute atomic E-state index is 15.8. The molecule has 6 heterocycles. The molecule has 0 saturated carbocycles. The fraction of sp³-hybridized carbons (Fsp3) is 0.505. The number of aromatic nitrogens is 4. The van der Waals surface area contributed by atoms with Gasteiger partial charge >= 0.3 is 23.9 Å². The Bertz CT molecular complexity index is 5420. The number of imidazole rings is 1. The molecule has 3 aliphatic rings. The van der Waals surface area contributed by atoms with Crippen molar-refractivity contribution in [3.63, 3.8) is 0 Å². The van der Waals surface area contributed by atoms with E-state index in [0.29, 0.717) is 63.1 Å². The molecule has 16 amide bonds. The van der Waals surface area contributed by atoms with Crippen LogP contribution in [0.2, 0.25) is 0 Å². The first-order valence-electron chi connectivity index (χ1n) is 45.3. The van der Waals surface area contributed by atoms with Gasteiger partial charge in [-0.2, -0.15) is 0 Å². The van der Waals surface area contributed by atoms with Crippen molar-refractivity contribution in [3.8, 4) is 5.75 Å². The summed E-state index contributed by atoms with van der Waals surface area (Å²) in [6.45, 7) is 3.08. The third-order valence-electron chi connectivity index (χ3n) is 24.4. The van der Waals surface area contributed by atoms with Gasteiger partial charge in [0.1, 0.15) is 90.3 Å². The number of phenolic OH excluding ortho intramolecular Hbond substituents is 1. The van der Waals surface area contributed by atoms with Gasteiger partial charge in [0.2, 0.25) is 94.5 Å². The van der Waals surface area contributed by atoms with Gasteiger partial charge in [-0.15, -0.1) is 11.8 Å². The highest BCUT2D eigenvalue weighted by Crippen LogP contribution is 2.28. The summed E-state index contributed by atoms with van der Waals surface area (Å²) in [6, 6.07) is -5.04. The Morgan fingerprint density at radius 1 is 0.493 bits per heavy atom. The second kappa shape index (κ2) is 50.9. The fourth-order valence-electron chi connectivity index (χ4n) is 16.7. The van der Waals surface area contributed by atoms with Gasteiger partial charge in [-0.25, -0.2) is 4.98 Å². The number of likely N-dealkylation sites (N-methyl/N-ethyl adjacent to an activating group) is 3. The average Bonchev–Trinajstić information content (AvgIpc) is 1.61. The number of primary amides is 1. The first-order valence-corrected chi connectivity index (χ1v) is 46.5. The van der Waals surface area contributed by atoms with Crippen LogP contribution in [0, 0.1) is 0 Å². The molecule has 9 rings (SSSR count). The monoisotopic (exact) mass is 1940 g/mol. The summed E-state index contributed by atoms with van der Waals surface area (Å²) in [5.74, 6) is -24.5. The number of nitrogens with zero attached hydrogens (tertiary/aromatic N) is 6. The molecule has 3 aromatic heterocycles. The Morgan fingerprint density at radius 3 is 1.54 bits per heavy atom. The quantitative estimate of drug-likeness (QED) is 0.0252. The number of amides is 16. The standard InChI is InChI=1S/C91H120N20O26S/c1-7-9-20-68-84(130)100-60(28-31-75(118)119)81(127)106-67(79(125)96-43-72(92)114)45-138-46-73(115)98-64(34-49-23-25-53(112)26-24-49)87(133)107(4)48(3)78(124)104-66(39-77(122)123)90(136)110-33-15-22-69(110)85(131)103-63(37-52-42-93-47-97-52)83(129)101-61(29-32-76(120)121)89(135)111-44-54(113)38-71(111)86(132)102-62(35-50-40-94-57-18-13-11-16-55(50)57)82(128)99-59(27-30-74(116)117)80(126)105-65(36-51-41-95-58-19-14-12-17-56(51)58)88(134)109(6)70(21-10-8-2)91(137)108(68)5/h11-14,16-19,23-26,40-42,47-48,54,59-71,94-95,112-113H,7-10,15,20-22,27-39,43-46H2,1-6H3,(H2,92,114)(H,93,97)(H,96,125)(H,98,115)(H,99,128)(H,100,130)(H,101,129)(H,102,132)(H,103,131)(H,104,124)(H,105,126)(H,106,127)(H,116,117)(H,118,119)(H,120,121)(H,122,123)/t48-,54+,59-,60-,61-,62-,63-,64-,65-,66-,67-,68-,69-,70-,71-/m0/s1. The van der Waals surface area contributed by atoms with E-state index in [2.05, 4.69) is 73.1 Å². The minimum atomic E-state index is -1.98. The molecular formula is C91H120N20O26S. The summed E-state index contributed by atoms with van der Waals surface area (Å²) < 4.78 is 0. The highest BCUT2D eigenvalue weighted by atomic mass is 32.2. The van der Waals surface area contributed by atoms with Crippen LogP contribution in [0.25, 0.3) is 21.8 Å². The number of hydrogen-bond acceptors (Lipinski definition) is 24. The van der Waals surface area contributed by atoms with Crippen LogP contribution in [0.1, 0.15) is 146 Å². The van der Waals surface area contributed by atoms with E-state index in [1.165, 1.54) is 64.0 Å². The summed E-state index contributed by atoms with van der Waals surface area (Å²) in [7, 11) is 3.67. The van der Waals surface area contributed by atoms with Gasteiger partial charge in [0.15, 0.2) is 0 Å². The van der Waals surface area contributed by atoms with Gasteiger partial charge < -0.3 is 129 Å². The van der Waals surface area contributed by atoms with Gasteiger partial charge in [-0.05, 0) is 92.8 Å². The molecule has 0 unspecified atom stereocenters. The Hall–Kier alpha value is -14.5. The molecule has 746 valence electrons. The lowest BCUT2D eigenvalue weighted by Crippen LogP contribution is -2.61. The molecule has 0 bridgehead atoms. The molecule has 3 saturated heterocycles. The van der Waals surface area contributed by atoms with E-state index in [1.54, 1.807) is 68.6 Å². The normalized spacial score (nSPS) is 24.4. The van der Waals surface area contributed by atoms with Crippen molar-refractivity contribution in [2.24, 2.45) is 5.73 Å². The predicted molar refractivity (Wildman–Crippen MR) is 493 cm³/mol. The van der Waals surface area contributed by atoms with E-state index in [1.807, 2.05) is 0 Å². The van der Waals surface area contributed by atoms with Crippen LogP contribution in [0.5, 0.6) is 5.75 Å². The maximum Gasteiger partial charge on any atom is 0.305 e. The van der Waals surface area contributed by atoms with Gasteiger partial charge in [0.25, 0.3) is 0 Å². The van der Waals surface area contributed by atoms with E-state index in [0.717, 1.165) is 31.5 Å². The number of nitrogens with one attached hydrogen (secondary N) is 13. The Balaban J connectivity index is 1.12. The van der Waals surface area contributed by atoms with E-state index >= 15 is 38.4 Å². The third-order valence-corrected chi connectivity index (χ3v) is 25.4. The number of carboxylic acids is 4. The second-order valence-electron chi connectivity index (χ2n) is 34.4. The van der Waals surface area contributed by atoms with Crippen molar-refractivity contribution < 1.29 is 127 Å². The summed E-state index contributed by atoms with van der Waals surface area (Å²) in [4.78, 5) is 305. The highest BCUT2D eigenvalue weighted by molar-refractivity contribution is 8.00. The van der Waals surface area contributed by atoms with Gasteiger partial charge in [-0.3, -0.25) is 95.9 Å². The molecule has 3 aromatic carbocycles. The number of aliphatic hydroxyl groups excluding tert-OH is 1. The highest BCUT2D eigenvalue weighted by Gasteiger charge is 2.47. The zero-order valence-electron chi connectivity index (χ0n) is 77.1. The Morgan fingerprint density at radius 2 is 0.978 bits per heavy atom. The molecule has 6 aromatic rings. The SMILES string of the molecule is CCCC[C@H]1C(=O)N(C)[C@@H](CCCC)C(=O)N[C@@H](CCC(=O)O)C(=O)N[C@H](C(=O)NCC(N)=O)CSCC(=O)N[C@@H](Cc2ccc(O)cc2)C(=O)N(C)[C@@H](C)C(=O)N[C@@H](CC(=O)O)C(=O)N2CCC[C@H]2C(=O)N[C@@H](Cc2cnc[nH]2)C(=O)N[C@@H](CCC(=O)O)C(=O)N2C[C@H](O)C[C@H]2C(=O)N[C@@H](Cc2c[nH]c3ccccc23)C(=O)N[C@@H](CCC(=O)O)C(=O)N[C@@H](Cc2c[nH]c3ccccc23)C(=O)N1C. The number of aliphatic carboxylic acids is 4. The summed E-state index contributed by atoms with van der Waals surface area (Å²) in [5, 5.41) is 88.7. The van der Waals surface area contributed by atoms with Crippen LogP contribution >= 0.6 is 11.8 Å². The molecule has 21 N–H and O–H groups in total. The molecule has 0 aliphatic carbocycles. The molecule has 138 heavy (non-hydrogen) atoms. The summed E-state index contributed by atoms with van der Waals surface area (Å²) >= 11 is 0.673. The van der Waals surface area contributed by atoms with E-state index in [9.17, 15) is 88.2 Å². The van der Waals surface area contributed by atoms with E-state index < -0.39 is 298 Å². The number of aliphatic hydroxyl groups is 1. The van der Waals surface area contributed by atoms with E-state index in [-0.39, 0.29) is 69.4 Å². The molecule has 15 atom stereocenters. The number of phenols is 1. The van der Waals surface area contributed by atoms with Crippen molar-refractivity contribution in [2.45, 2.75) is 240 Å². The number of unbranched alkanes of at least 4 members (excludes halogenated alkanes) is 2. The summed E-state index contributed by atoms with van der Waals surface area (Å²) in [5.41, 5.74) is 7.87. The number of carbonyl (C=O) groups is 20. The number of carboxylic acid groups (broad SMARTS) is 4. The molecular weight excluding hydrogens is 1820 g/mol. The van der Waals surface area contributed by atoms with Crippen LogP contribution in [-0.2, 0) is 122 Å². The maximum atomic E-state index is 15.8.